The van der Waals surface area contributed by atoms with Gasteiger partial charge in [0.25, 0.3) is 0 Å². The standard InChI is InChI=1S/C20H28N4O/c1-17(11-19-5-3-4-6-20(19)14-25-2)12-23-9-7-18(8-10-23)13-24-16-21-15-22-24/h3-6,11,15-16,18H,7-10,12-14H2,1-2H3/b17-11+. The normalized spacial score (nSPS) is 17.1. The van der Waals surface area contributed by atoms with Crippen molar-refractivity contribution < 1.29 is 4.74 Å². The summed E-state index contributed by atoms with van der Waals surface area (Å²) in [5.74, 6) is 0.713. The Morgan fingerprint density at radius 2 is 2.08 bits per heavy atom. The van der Waals surface area contributed by atoms with E-state index in [2.05, 4.69) is 52.2 Å². The second kappa shape index (κ2) is 8.92. The third-order valence-corrected chi connectivity index (χ3v) is 4.85. The molecule has 25 heavy (non-hydrogen) atoms. The van der Waals surface area contributed by atoms with E-state index < -0.39 is 0 Å². The molecule has 0 amide bonds. The fourth-order valence-electron chi connectivity index (χ4n) is 3.54. The summed E-state index contributed by atoms with van der Waals surface area (Å²) in [6, 6.07) is 8.47. The van der Waals surface area contributed by atoms with Crippen LogP contribution in [0.3, 0.4) is 0 Å². The van der Waals surface area contributed by atoms with Gasteiger partial charge in [0.2, 0.25) is 0 Å². The Kier molecular flexibility index (Phi) is 6.36. The molecule has 0 atom stereocenters. The lowest BCUT2D eigenvalue weighted by Crippen LogP contribution is -2.36. The number of methoxy groups -OCH3 is 1. The molecule has 1 saturated heterocycles. The maximum Gasteiger partial charge on any atom is 0.137 e. The lowest BCUT2D eigenvalue weighted by atomic mass is 9.96. The van der Waals surface area contributed by atoms with Crippen LogP contribution in [0, 0.1) is 5.92 Å². The van der Waals surface area contributed by atoms with Crippen LogP contribution in [0.4, 0.5) is 0 Å². The minimum atomic E-state index is 0.660. The van der Waals surface area contributed by atoms with Crippen molar-refractivity contribution in [2.24, 2.45) is 5.92 Å². The van der Waals surface area contributed by atoms with Crippen molar-refractivity contribution >= 4 is 6.08 Å². The maximum atomic E-state index is 5.30. The van der Waals surface area contributed by atoms with E-state index in [9.17, 15) is 0 Å². The first-order valence-electron chi connectivity index (χ1n) is 9.03. The average molecular weight is 340 g/mol. The number of ether oxygens (including phenoxy) is 1. The van der Waals surface area contributed by atoms with Crippen LogP contribution >= 0.6 is 0 Å². The third-order valence-electron chi connectivity index (χ3n) is 4.85. The highest BCUT2D eigenvalue weighted by Gasteiger charge is 2.19. The van der Waals surface area contributed by atoms with Gasteiger partial charge >= 0.3 is 0 Å². The van der Waals surface area contributed by atoms with E-state index in [-0.39, 0.29) is 0 Å². The summed E-state index contributed by atoms with van der Waals surface area (Å²) in [6.45, 7) is 7.23. The van der Waals surface area contributed by atoms with Crippen LogP contribution in [0.1, 0.15) is 30.9 Å². The SMILES string of the molecule is COCc1ccccc1/C=C(\C)CN1CCC(Cn2cncn2)CC1. The van der Waals surface area contributed by atoms with E-state index in [1.165, 1.54) is 29.5 Å². The molecular weight excluding hydrogens is 312 g/mol. The number of hydrogen-bond acceptors (Lipinski definition) is 4. The predicted molar refractivity (Wildman–Crippen MR) is 100.0 cm³/mol. The number of hydrogen-bond donors (Lipinski definition) is 0. The van der Waals surface area contributed by atoms with Crippen molar-refractivity contribution in [3.63, 3.8) is 0 Å². The van der Waals surface area contributed by atoms with Gasteiger partial charge in [0.1, 0.15) is 12.7 Å². The van der Waals surface area contributed by atoms with Crippen molar-refractivity contribution in [3.05, 3.63) is 53.6 Å². The molecule has 0 bridgehead atoms. The first kappa shape index (κ1) is 17.8. The van der Waals surface area contributed by atoms with Crippen LogP contribution in [-0.4, -0.2) is 46.4 Å². The molecule has 2 aromatic rings. The fraction of sp³-hybridized carbons (Fsp3) is 0.500. The zero-order valence-corrected chi connectivity index (χ0v) is 15.3. The van der Waals surface area contributed by atoms with Gasteiger partial charge in [0, 0.05) is 20.2 Å². The molecule has 1 aromatic heterocycles. The molecule has 1 aliphatic rings. The van der Waals surface area contributed by atoms with E-state index in [0.29, 0.717) is 12.5 Å². The van der Waals surface area contributed by atoms with E-state index in [1.54, 1.807) is 13.4 Å². The number of rotatable bonds is 7. The zero-order valence-electron chi connectivity index (χ0n) is 15.3. The van der Waals surface area contributed by atoms with Gasteiger partial charge in [-0.3, -0.25) is 9.58 Å². The Morgan fingerprint density at radius 3 is 2.80 bits per heavy atom. The number of likely N-dealkylation sites (tertiary alicyclic amines) is 1. The summed E-state index contributed by atoms with van der Waals surface area (Å²) in [7, 11) is 1.75. The van der Waals surface area contributed by atoms with Gasteiger partial charge in [-0.1, -0.05) is 35.9 Å². The Hall–Kier alpha value is -1.98. The number of piperidine rings is 1. The third kappa shape index (κ3) is 5.25. The topological polar surface area (TPSA) is 43.2 Å². The highest BCUT2D eigenvalue weighted by atomic mass is 16.5. The van der Waals surface area contributed by atoms with Gasteiger partial charge in [-0.05, 0) is 49.9 Å². The lowest BCUT2D eigenvalue weighted by molar-refractivity contribution is 0.182. The Morgan fingerprint density at radius 1 is 1.28 bits per heavy atom. The molecule has 134 valence electrons. The van der Waals surface area contributed by atoms with Gasteiger partial charge < -0.3 is 4.74 Å². The summed E-state index contributed by atoms with van der Waals surface area (Å²) in [6.07, 6.45) is 8.19. The second-order valence-electron chi connectivity index (χ2n) is 6.96. The number of benzene rings is 1. The molecule has 0 aliphatic carbocycles. The molecule has 3 rings (SSSR count). The summed E-state index contributed by atoms with van der Waals surface area (Å²) in [4.78, 5) is 6.59. The maximum absolute atomic E-state index is 5.30. The highest BCUT2D eigenvalue weighted by Crippen LogP contribution is 2.20. The summed E-state index contributed by atoms with van der Waals surface area (Å²) in [5.41, 5.74) is 3.91. The molecule has 0 saturated carbocycles. The van der Waals surface area contributed by atoms with Crippen LogP contribution in [-0.2, 0) is 17.9 Å². The van der Waals surface area contributed by atoms with Crippen molar-refractivity contribution in [2.75, 3.05) is 26.7 Å². The fourth-order valence-corrected chi connectivity index (χ4v) is 3.54. The van der Waals surface area contributed by atoms with Crippen LogP contribution < -0.4 is 0 Å². The molecular formula is C20H28N4O. The minimum Gasteiger partial charge on any atom is -0.380 e. The molecule has 2 heterocycles. The van der Waals surface area contributed by atoms with Crippen LogP contribution in [0.2, 0.25) is 0 Å². The molecule has 0 N–H and O–H groups in total. The van der Waals surface area contributed by atoms with Crippen LogP contribution in [0.15, 0.2) is 42.5 Å². The zero-order chi connectivity index (χ0) is 17.5. The first-order valence-corrected chi connectivity index (χ1v) is 9.03. The second-order valence-corrected chi connectivity index (χ2v) is 6.96. The molecule has 5 heteroatoms. The van der Waals surface area contributed by atoms with E-state index in [4.69, 9.17) is 4.74 Å². The Bertz CT molecular complexity index is 673. The number of aromatic nitrogens is 3. The summed E-state index contributed by atoms with van der Waals surface area (Å²) >= 11 is 0. The molecule has 1 aliphatic heterocycles. The summed E-state index contributed by atoms with van der Waals surface area (Å²) < 4.78 is 7.26. The number of nitrogens with zero attached hydrogens (tertiary/aromatic N) is 4. The van der Waals surface area contributed by atoms with Gasteiger partial charge in [-0.25, -0.2) is 4.98 Å². The van der Waals surface area contributed by atoms with Gasteiger partial charge in [0.05, 0.1) is 6.61 Å². The van der Waals surface area contributed by atoms with E-state index in [1.807, 2.05) is 11.0 Å². The van der Waals surface area contributed by atoms with Gasteiger partial charge in [-0.2, -0.15) is 5.10 Å². The largest absolute Gasteiger partial charge is 0.380 e. The van der Waals surface area contributed by atoms with Gasteiger partial charge in [-0.15, -0.1) is 0 Å². The average Bonchev–Trinajstić information content (AvgIpc) is 3.12. The highest BCUT2D eigenvalue weighted by molar-refractivity contribution is 5.56. The predicted octanol–water partition coefficient (Wildman–Crippen LogP) is 3.24. The van der Waals surface area contributed by atoms with Crippen LogP contribution in [0.5, 0.6) is 0 Å². The molecule has 0 radical (unpaired) electrons. The molecule has 1 fully saturated rings. The van der Waals surface area contributed by atoms with Gasteiger partial charge in [0.15, 0.2) is 0 Å². The molecule has 0 spiro atoms. The van der Waals surface area contributed by atoms with Crippen molar-refractivity contribution in [1.82, 2.24) is 19.7 Å². The molecule has 0 unspecified atom stereocenters. The smallest absolute Gasteiger partial charge is 0.137 e. The van der Waals surface area contributed by atoms with E-state index in [0.717, 1.165) is 26.2 Å². The first-order chi connectivity index (χ1) is 12.2. The van der Waals surface area contributed by atoms with Crippen molar-refractivity contribution in [3.8, 4) is 0 Å². The Labute approximate surface area is 150 Å². The quantitative estimate of drug-likeness (QED) is 0.776. The van der Waals surface area contributed by atoms with Crippen molar-refractivity contribution in [1.29, 1.82) is 0 Å². The Balaban J connectivity index is 1.51. The van der Waals surface area contributed by atoms with E-state index >= 15 is 0 Å². The lowest BCUT2D eigenvalue weighted by Gasteiger charge is -2.32. The molecule has 5 nitrogen and oxygen atoms in total. The summed E-state index contributed by atoms with van der Waals surface area (Å²) in [5, 5.41) is 4.22. The van der Waals surface area contributed by atoms with Crippen molar-refractivity contribution in [2.45, 2.75) is 32.9 Å². The monoisotopic (exact) mass is 340 g/mol. The minimum absolute atomic E-state index is 0.660. The molecule has 1 aromatic carbocycles. The van der Waals surface area contributed by atoms with Crippen LogP contribution in [0.25, 0.3) is 6.08 Å².